The zero-order valence-electron chi connectivity index (χ0n) is 14.9. The first-order valence-corrected chi connectivity index (χ1v) is 11.7. The van der Waals surface area contributed by atoms with Gasteiger partial charge in [-0.05, 0) is 42.0 Å². The van der Waals surface area contributed by atoms with Gasteiger partial charge in [0.2, 0.25) is 16.8 Å². The first-order valence-electron chi connectivity index (χ1n) is 8.65. The molecule has 1 saturated heterocycles. The molecule has 2 aromatic rings. The van der Waals surface area contributed by atoms with Crippen molar-refractivity contribution < 1.29 is 31.0 Å². The quantitative estimate of drug-likeness (QED) is 0.714. The van der Waals surface area contributed by atoms with Crippen molar-refractivity contribution in [3.05, 3.63) is 48.0 Å². The summed E-state index contributed by atoms with van der Waals surface area (Å²) in [6.45, 7) is 1.38. The lowest BCUT2D eigenvalue weighted by molar-refractivity contribution is 0.0730. The van der Waals surface area contributed by atoms with Crippen LogP contribution in [0, 0.1) is 0 Å². The Morgan fingerprint density at radius 2 is 1.46 bits per heavy atom. The lowest BCUT2D eigenvalue weighted by atomic mass is 10.2. The number of sulfonamides is 1. The Labute approximate surface area is 163 Å². The summed E-state index contributed by atoms with van der Waals surface area (Å²) < 4.78 is 67.7. The van der Waals surface area contributed by atoms with Crippen molar-refractivity contribution in [1.29, 1.82) is 0 Å². The summed E-state index contributed by atoms with van der Waals surface area (Å²) in [5.74, 6) is 0.873. The van der Waals surface area contributed by atoms with Crippen LogP contribution in [0.2, 0.25) is 0 Å². The molecule has 0 bridgehead atoms. The number of benzene rings is 2. The highest BCUT2D eigenvalue weighted by Crippen LogP contribution is 2.33. The van der Waals surface area contributed by atoms with Gasteiger partial charge in [-0.2, -0.15) is 4.31 Å². The van der Waals surface area contributed by atoms with Crippen molar-refractivity contribution in [2.45, 2.75) is 15.5 Å². The third-order valence-corrected chi connectivity index (χ3v) is 8.20. The van der Waals surface area contributed by atoms with Gasteiger partial charge in [0.25, 0.3) is 0 Å². The molecule has 2 heterocycles. The summed E-state index contributed by atoms with van der Waals surface area (Å²) in [5, 5.41) is 0. The second-order valence-electron chi connectivity index (χ2n) is 6.43. The lowest BCUT2D eigenvalue weighted by Gasteiger charge is -2.26. The minimum atomic E-state index is -3.66. The molecule has 150 valence electrons. The molecule has 0 N–H and O–H groups in total. The Balaban J connectivity index is 1.54. The Morgan fingerprint density at radius 1 is 0.821 bits per heavy atom. The average Bonchev–Trinajstić information content (AvgIpc) is 3.16. The number of ether oxygens (including phenoxy) is 3. The first kappa shape index (κ1) is 19.2. The molecule has 2 aliphatic rings. The van der Waals surface area contributed by atoms with E-state index in [9.17, 15) is 16.8 Å². The van der Waals surface area contributed by atoms with E-state index in [2.05, 4.69) is 0 Å². The largest absolute Gasteiger partial charge is 0.454 e. The van der Waals surface area contributed by atoms with E-state index in [1.54, 1.807) is 18.2 Å². The molecule has 2 aromatic carbocycles. The van der Waals surface area contributed by atoms with E-state index in [1.807, 2.05) is 0 Å². The topological polar surface area (TPSA) is 99.2 Å². The Morgan fingerprint density at radius 3 is 2.18 bits per heavy atom. The van der Waals surface area contributed by atoms with Crippen molar-refractivity contribution in [2.24, 2.45) is 0 Å². The van der Waals surface area contributed by atoms with Crippen LogP contribution in [0.25, 0.3) is 0 Å². The highest BCUT2D eigenvalue weighted by atomic mass is 32.2. The summed E-state index contributed by atoms with van der Waals surface area (Å²) >= 11 is 0. The molecular formula is C18H19NO7S2. The van der Waals surface area contributed by atoms with Gasteiger partial charge in [0.1, 0.15) is 0 Å². The monoisotopic (exact) mass is 425 g/mol. The molecule has 0 aliphatic carbocycles. The van der Waals surface area contributed by atoms with Gasteiger partial charge in [0, 0.05) is 13.1 Å². The third kappa shape index (κ3) is 3.72. The fourth-order valence-electron chi connectivity index (χ4n) is 3.09. The molecule has 0 unspecified atom stereocenters. The van der Waals surface area contributed by atoms with Crippen molar-refractivity contribution in [2.75, 3.05) is 33.1 Å². The Bertz CT molecular complexity index is 1070. The SMILES string of the molecule is O=S(=O)(Cc1ccc2c(c1)OCO2)c1ccc(S(=O)(=O)N2CCOCC2)cc1. The van der Waals surface area contributed by atoms with Crippen molar-refractivity contribution in [1.82, 2.24) is 4.31 Å². The number of nitrogens with zero attached hydrogens (tertiary/aromatic N) is 1. The molecule has 28 heavy (non-hydrogen) atoms. The van der Waals surface area contributed by atoms with E-state index < -0.39 is 19.9 Å². The molecule has 0 radical (unpaired) electrons. The maximum atomic E-state index is 12.7. The van der Waals surface area contributed by atoms with Crippen molar-refractivity contribution in [3.63, 3.8) is 0 Å². The molecule has 2 aliphatic heterocycles. The second kappa shape index (κ2) is 7.36. The zero-order valence-corrected chi connectivity index (χ0v) is 16.5. The zero-order chi connectivity index (χ0) is 19.8. The minimum absolute atomic E-state index is 0.0612. The summed E-state index contributed by atoms with van der Waals surface area (Å²) in [5.41, 5.74) is 0.564. The molecule has 1 fully saturated rings. The van der Waals surface area contributed by atoms with Crippen LogP contribution in [0.5, 0.6) is 11.5 Å². The van der Waals surface area contributed by atoms with Crippen molar-refractivity contribution in [3.8, 4) is 11.5 Å². The van der Waals surface area contributed by atoms with Crippen LogP contribution in [0.15, 0.2) is 52.3 Å². The van der Waals surface area contributed by atoms with Gasteiger partial charge >= 0.3 is 0 Å². The summed E-state index contributed by atoms with van der Waals surface area (Å²) in [4.78, 5) is 0.127. The van der Waals surface area contributed by atoms with Crippen LogP contribution in [-0.4, -0.2) is 54.2 Å². The highest BCUT2D eigenvalue weighted by Gasteiger charge is 2.27. The standard InChI is InChI=1S/C18H19NO7S2/c20-27(21,12-14-1-6-17-18(11-14)26-13-25-17)15-2-4-16(5-3-15)28(22,23)19-7-9-24-10-8-19/h1-6,11H,7-10,12-13H2. The van der Waals surface area contributed by atoms with Crippen LogP contribution in [-0.2, 0) is 30.4 Å². The molecule has 8 nitrogen and oxygen atoms in total. The summed E-state index contributed by atoms with van der Waals surface area (Å²) in [6.07, 6.45) is 0. The van der Waals surface area contributed by atoms with Crippen LogP contribution in [0.3, 0.4) is 0 Å². The van der Waals surface area contributed by atoms with E-state index in [0.717, 1.165) is 0 Å². The second-order valence-corrected chi connectivity index (χ2v) is 10.4. The normalized spacial score (nSPS) is 17.6. The molecule has 0 saturated carbocycles. The number of fused-ring (bicyclic) bond motifs is 1. The number of sulfone groups is 1. The maximum Gasteiger partial charge on any atom is 0.243 e. The molecule has 0 amide bonds. The van der Waals surface area contributed by atoms with Gasteiger partial charge in [-0.15, -0.1) is 0 Å². The minimum Gasteiger partial charge on any atom is -0.454 e. The molecule has 0 atom stereocenters. The van der Waals surface area contributed by atoms with Gasteiger partial charge in [-0.3, -0.25) is 0 Å². The van der Waals surface area contributed by atoms with Crippen molar-refractivity contribution >= 4 is 19.9 Å². The van der Waals surface area contributed by atoms with Crippen LogP contribution in [0.4, 0.5) is 0 Å². The Kier molecular flexibility index (Phi) is 5.04. The molecule has 10 heteroatoms. The van der Waals surface area contributed by atoms with Gasteiger partial charge < -0.3 is 14.2 Å². The fourth-order valence-corrected chi connectivity index (χ4v) is 5.83. The number of rotatable bonds is 5. The number of morpholine rings is 1. The van der Waals surface area contributed by atoms with E-state index in [4.69, 9.17) is 14.2 Å². The van der Waals surface area contributed by atoms with E-state index in [-0.39, 0.29) is 35.4 Å². The van der Waals surface area contributed by atoms with Gasteiger partial charge in [0.15, 0.2) is 21.3 Å². The average molecular weight is 425 g/mol. The third-order valence-electron chi connectivity index (χ3n) is 4.58. The smallest absolute Gasteiger partial charge is 0.243 e. The van der Waals surface area contributed by atoms with Gasteiger partial charge in [-0.1, -0.05) is 6.07 Å². The number of hydrogen-bond donors (Lipinski definition) is 0. The van der Waals surface area contributed by atoms with Crippen LogP contribution < -0.4 is 9.47 Å². The summed E-state index contributed by atoms with van der Waals surface area (Å²) in [6, 6.07) is 10.3. The molecular weight excluding hydrogens is 406 g/mol. The predicted octanol–water partition coefficient (Wildman–Crippen LogP) is 1.41. The molecule has 0 aromatic heterocycles. The lowest BCUT2D eigenvalue weighted by Crippen LogP contribution is -2.40. The predicted molar refractivity (Wildman–Crippen MR) is 99.5 cm³/mol. The van der Waals surface area contributed by atoms with Crippen LogP contribution >= 0.6 is 0 Å². The van der Waals surface area contributed by atoms with Gasteiger partial charge in [-0.25, -0.2) is 16.8 Å². The Hall–Kier alpha value is -2.14. The highest BCUT2D eigenvalue weighted by molar-refractivity contribution is 7.90. The summed E-state index contributed by atoms with van der Waals surface area (Å²) in [7, 11) is -7.30. The van der Waals surface area contributed by atoms with E-state index >= 15 is 0 Å². The molecule has 4 rings (SSSR count). The van der Waals surface area contributed by atoms with Crippen LogP contribution in [0.1, 0.15) is 5.56 Å². The molecule has 0 spiro atoms. The van der Waals surface area contributed by atoms with E-state index in [1.165, 1.54) is 28.6 Å². The van der Waals surface area contributed by atoms with Gasteiger partial charge in [0.05, 0.1) is 28.8 Å². The number of hydrogen-bond acceptors (Lipinski definition) is 7. The first-order chi connectivity index (χ1) is 13.4. The maximum absolute atomic E-state index is 12.7. The fraction of sp³-hybridized carbons (Fsp3) is 0.333. The van der Waals surface area contributed by atoms with E-state index in [0.29, 0.717) is 30.3 Å².